The Morgan fingerprint density at radius 2 is 1.03 bits per heavy atom. The van der Waals surface area contributed by atoms with Crippen LogP contribution in [0.15, 0.2) is 60.9 Å². The highest BCUT2D eigenvalue weighted by Crippen LogP contribution is 2.50. The van der Waals surface area contributed by atoms with Crippen molar-refractivity contribution < 1.29 is 19.1 Å². The van der Waals surface area contributed by atoms with E-state index in [4.69, 9.17) is 42.6 Å². The molecule has 0 radical (unpaired) electrons. The van der Waals surface area contributed by atoms with Gasteiger partial charge in [-0.05, 0) is 112 Å². The normalized spacial score (nSPS) is 22.1. The van der Waals surface area contributed by atoms with Gasteiger partial charge < -0.3 is 40.5 Å². The van der Waals surface area contributed by atoms with Crippen LogP contribution in [-0.2, 0) is 22.6 Å². The van der Waals surface area contributed by atoms with E-state index < -0.39 is 0 Å². The van der Waals surface area contributed by atoms with Crippen LogP contribution in [-0.4, -0.2) is 80.3 Å². The number of ether oxygens (including phenoxy) is 2. The molecule has 2 saturated carbocycles. The van der Waals surface area contributed by atoms with E-state index in [-0.39, 0.29) is 36.2 Å². The molecule has 16 heteroatoms. The smallest absolute Gasteiger partial charge is 0.318 e. The second kappa shape index (κ2) is 18.9. The standard InChI is InChI=1S/2C23H28ClN5O2/c2*1-14(16-3-2-4-17(24)11-16)26-23(30)29-13-20-19(21(29)15-5-6-15)12-25-22(28-20)27-18-7-9-31-10-8-18/h2*2-4,11-12,14-15,18,21H,5-10,13H2,1H3,(H,26,30)(H,25,27,28)/t2*14-,21?/m11/s1. The van der Waals surface area contributed by atoms with Crippen LogP contribution in [0.2, 0.25) is 10.0 Å². The summed E-state index contributed by atoms with van der Waals surface area (Å²) >= 11 is 12.2. The average molecular weight is 884 g/mol. The first-order valence-electron chi connectivity index (χ1n) is 22.2. The van der Waals surface area contributed by atoms with Gasteiger partial charge in [0.1, 0.15) is 0 Å². The highest BCUT2D eigenvalue weighted by atomic mass is 35.5. The van der Waals surface area contributed by atoms with Gasteiger partial charge in [-0.25, -0.2) is 29.5 Å². The van der Waals surface area contributed by atoms with Gasteiger partial charge in [0.25, 0.3) is 0 Å². The Balaban J connectivity index is 0.000000158. The van der Waals surface area contributed by atoms with Gasteiger partial charge in [0.2, 0.25) is 11.9 Å². The molecule has 2 aromatic carbocycles. The fraction of sp³-hybridized carbons (Fsp3) is 0.522. The fourth-order valence-electron chi connectivity index (χ4n) is 9.14. The van der Waals surface area contributed by atoms with Gasteiger partial charge in [-0.1, -0.05) is 47.5 Å². The number of benzene rings is 2. The Bertz CT molecular complexity index is 2080. The lowest BCUT2D eigenvalue weighted by Crippen LogP contribution is -2.40. The molecule has 2 saturated heterocycles. The monoisotopic (exact) mass is 882 g/mol. The largest absolute Gasteiger partial charge is 0.381 e. The molecule has 4 amide bonds. The maximum atomic E-state index is 13.2. The summed E-state index contributed by atoms with van der Waals surface area (Å²) in [5.41, 5.74) is 6.06. The number of urea groups is 2. The summed E-state index contributed by atoms with van der Waals surface area (Å²) in [6.45, 7) is 8.06. The molecular formula is C46H56Cl2N10O4. The van der Waals surface area contributed by atoms with Crippen molar-refractivity contribution in [3.05, 3.63) is 105 Å². The van der Waals surface area contributed by atoms with Crippen molar-refractivity contribution >= 4 is 47.2 Å². The summed E-state index contributed by atoms with van der Waals surface area (Å²) in [4.78, 5) is 49.1. The number of aromatic nitrogens is 4. The molecule has 4 atom stereocenters. The van der Waals surface area contributed by atoms with Crippen molar-refractivity contribution in [3.63, 3.8) is 0 Å². The molecule has 2 aromatic heterocycles. The Kier molecular flexibility index (Phi) is 13.0. The first kappa shape index (κ1) is 42.5. The van der Waals surface area contributed by atoms with Crippen LogP contribution in [0.25, 0.3) is 0 Å². The molecule has 0 bridgehead atoms. The highest BCUT2D eigenvalue weighted by molar-refractivity contribution is 6.30. The lowest BCUT2D eigenvalue weighted by Gasteiger charge is -2.27. The van der Waals surface area contributed by atoms with Crippen molar-refractivity contribution in [3.8, 4) is 0 Å². The van der Waals surface area contributed by atoms with E-state index in [0.717, 1.165) is 111 Å². The predicted octanol–water partition coefficient (Wildman–Crippen LogP) is 8.92. The van der Waals surface area contributed by atoms with Crippen LogP contribution in [0.5, 0.6) is 0 Å². The molecule has 4 aliphatic heterocycles. The van der Waals surface area contributed by atoms with E-state index >= 15 is 0 Å². The number of hydrogen-bond acceptors (Lipinski definition) is 10. The van der Waals surface area contributed by atoms with Gasteiger partial charge in [0.15, 0.2) is 0 Å². The maximum Gasteiger partial charge on any atom is 0.318 e. The second-order valence-electron chi connectivity index (χ2n) is 17.5. The third kappa shape index (κ3) is 10.0. The summed E-state index contributed by atoms with van der Waals surface area (Å²) in [6.07, 6.45) is 12.2. The molecule has 2 unspecified atom stereocenters. The van der Waals surface area contributed by atoms with E-state index in [2.05, 4.69) is 31.2 Å². The van der Waals surface area contributed by atoms with E-state index in [1.807, 2.05) is 84.6 Å². The van der Waals surface area contributed by atoms with Crippen LogP contribution in [0.4, 0.5) is 21.5 Å². The summed E-state index contributed by atoms with van der Waals surface area (Å²) < 4.78 is 10.9. The number of carbonyl (C=O) groups excluding carboxylic acids is 2. The zero-order valence-electron chi connectivity index (χ0n) is 35.4. The molecule has 0 spiro atoms. The quantitative estimate of drug-likeness (QED) is 0.121. The summed E-state index contributed by atoms with van der Waals surface area (Å²) in [5, 5.41) is 14.5. The Morgan fingerprint density at radius 3 is 1.40 bits per heavy atom. The Morgan fingerprint density at radius 1 is 0.629 bits per heavy atom. The van der Waals surface area contributed by atoms with Crippen molar-refractivity contribution in [2.45, 2.75) is 115 Å². The minimum Gasteiger partial charge on any atom is -0.381 e. The third-order valence-corrected chi connectivity index (χ3v) is 13.4. The number of nitrogens with one attached hydrogen (secondary N) is 4. The number of amides is 4. The van der Waals surface area contributed by atoms with Crippen LogP contribution < -0.4 is 21.3 Å². The number of halogens is 2. The minimum atomic E-state index is -0.133. The van der Waals surface area contributed by atoms with Crippen LogP contribution in [0, 0.1) is 11.8 Å². The number of hydrogen-bond donors (Lipinski definition) is 4. The third-order valence-electron chi connectivity index (χ3n) is 12.9. The highest BCUT2D eigenvalue weighted by Gasteiger charge is 2.46. The molecule has 4 fully saturated rings. The van der Waals surface area contributed by atoms with Crippen molar-refractivity contribution in [1.29, 1.82) is 0 Å². The van der Waals surface area contributed by atoms with Gasteiger partial charge in [-0.2, -0.15) is 0 Å². The predicted molar refractivity (Wildman–Crippen MR) is 238 cm³/mol. The van der Waals surface area contributed by atoms with Crippen LogP contribution in [0.1, 0.15) is 123 Å². The van der Waals surface area contributed by atoms with Gasteiger partial charge in [-0.15, -0.1) is 0 Å². The Labute approximate surface area is 373 Å². The molecule has 2 aliphatic carbocycles. The summed E-state index contributed by atoms with van der Waals surface area (Å²) in [5.74, 6) is 2.28. The lowest BCUT2D eigenvalue weighted by molar-refractivity contribution is 0.0902. The second-order valence-corrected chi connectivity index (χ2v) is 18.4. The first-order valence-corrected chi connectivity index (χ1v) is 23.0. The number of carbonyl (C=O) groups is 2. The van der Waals surface area contributed by atoms with Crippen molar-refractivity contribution in [2.24, 2.45) is 11.8 Å². The van der Waals surface area contributed by atoms with Gasteiger partial charge in [0, 0.05) is 72.1 Å². The van der Waals surface area contributed by atoms with E-state index in [1.165, 1.54) is 0 Å². The average Bonchev–Trinajstić information content (AvgIpc) is 4.23. The molecule has 4 N–H and O–H groups in total. The van der Waals surface area contributed by atoms with Crippen molar-refractivity contribution in [2.75, 3.05) is 37.1 Å². The van der Waals surface area contributed by atoms with Gasteiger partial charge in [0.05, 0.1) is 48.6 Å². The molecular weight excluding hydrogens is 827 g/mol. The van der Waals surface area contributed by atoms with Crippen molar-refractivity contribution in [1.82, 2.24) is 40.4 Å². The lowest BCUT2D eigenvalue weighted by atomic mass is 10.1. The van der Waals surface area contributed by atoms with Crippen LogP contribution >= 0.6 is 23.2 Å². The van der Waals surface area contributed by atoms with Crippen LogP contribution in [0.3, 0.4) is 0 Å². The molecule has 6 aliphatic rings. The van der Waals surface area contributed by atoms with Gasteiger partial charge in [-0.3, -0.25) is 0 Å². The fourth-order valence-corrected chi connectivity index (χ4v) is 9.53. The topological polar surface area (TPSA) is 159 Å². The minimum absolute atomic E-state index is 0.0543. The summed E-state index contributed by atoms with van der Waals surface area (Å²) in [6, 6.07) is 15.6. The zero-order valence-corrected chi connectivity index (χ0v) is 36.9. The van der Waals surface area contributed by atoms with E-state index in [1.54, 1.807) is 0 Å². The molecule has 6 heterocycles. The molecule has 14 nitrogen and oxygen atoms in total. The number of rotatable bonds is 10. The number of nitrogens with zero attached hydrogens (tertiary/aromatic N) is 6. The zero-order chi connectivity index (χ0) is 42.7. The number of anilines is 2. The molecule has 62 heavy (non-hydrogen) atoms. The SMILES string of the molecule is C[C@@H](NC(=O)N1Cc2nc(NC3CCOCC3)ncc2C1C1CC1)c1cccc(Cl)c1.C[C@@H](NC(=O)N1Cc2nc(NC3CCOCC3)ncc2C1C1CC1)c1cccc(Cl)c1. The van der Waals surface area contributed by atoms with E-state index in [9.17, 15) is 9.59 Å². The van der Waals surface area contributed by atoms with Gasteiger partial charge >= 0.3 is 12.1 Å². The van der Waals surface area contributed by atoms with E-state index in [0.29, 0.717) is 59.0 Å². The Hall–Kier alpha value is -4.76. The molecule has 328 valence electrons. The number of fused-ring (bicyclic) bond motifs is 2. The first-order chi connectivity index (χ1) is 30.2. The summed E-state index contributed by atoms with van der Waals surface area (Å²) in [7, 11) is 0. The molecule has 4 aromatic rings. The maximum absolute atomic E-state index is 13.2. The molecule has 10 rings (SSSR count).